The van der Waals surface area contributed by atoms with Crippen LogP contribution in [-0.2, 0) is 10.1 Å². The second-order valence-corrected chi connectivity index (χ2v) is 5.40. The van der Waals surface area contributed by atoms with Gasteiger partial charge in [-0.15, -0.1) is 0 Å². The monoisotopic (exact) mass is 295 g/mol. The Hall–Kier alpha value is -0.830. The van der Waals surface area contributed by atoms with E-state index in [9.17, 15) is 4.79 Å². The lowest BCUT2D eigenvalue weighted by Crippen LogP contribution is -2.24. The van der Waals surface area contributed by atoms with Crippen molar-refractivity contribution in [3.05, 3.63) is 29.8 Å². The minimum absolute atomic E-state index is 0.182. The average Bonchev–Trinajstić information content (AvgIpc) is 2.76. The van der Waals surface area contributed by atoms with Crippen LogP contribution in [0.3, 0.4) is 0 Å². The molecule has 3 heteroatoms. The number of carbonyl (C=O) groups excluding carboxylic acids is 1. The molecule has 17 heavy (non-hydrogen) atoms. The molecule has 0 saturated heterocycles. The van der Waals surface area contributed by atoms with E-state index in [0.29, 0.717) is 5.92 Å². The maximum absolute atomic E-state index is 12.1. The van der Waals surface area contributed by atoms with E-state index < -0.39 is 0 Å². The summed E-state index contributed by atoms with van der Waals surface area (Å²) in [6.45, 7) is 2.17. The second kappa shape index (κ2) is 5.67. The summed E-state index contributed by atoms with van der Waals surface area (Å²) in [4.78, 5) is 12.1. The predicted octanol–water partition coefficient (Wildman–Crippen LogP) is 3.96. The van der Waals surface area contributed by atoms with Crippen molar-refractivity contribution in [2.75, 3.05) is 5.32 Å². The first-order valence-corrected chi connectivity index (χ1v) is 7.28. The molecule has 1 N–H and O–H groups in total. The molecule has 0 radical (unpaired) electrons. The van der Waals surface area contributed by atoms with Gasteiger partial charge in [0.25, 0.3) is 0 Å². The zero-order valence-corrected chi connectivity index (χ0v) is 11.7. The standard InChI is InChI=1S/C14H18BrNO/c1-10-3-2-4-13(10)14(17)16-12-7-5-11(9-15)6-8-12/h5-8,10,13H,2-4,9H2,1H3,(H,16,17). The molecule has 0 heterocycles. The second-order valence-electron chi connectivity index (χ2n) is 4.83. The highest BCUT2D eigenvalue weighted by atomic mass is 79.9. The minimum Gasteiger partial charge on any atom is -0.326 e. The van der Waals surface area contributed by atoms with Crippen LogP contribution < -0.4 is 5.32 Å². The zero-order chi connectivity index (χ0) is 12.3. The van der Waals surface area contributed by atoms with Crippen molar-refractivity contribution in [1.82, 2.24) is 0 Å². The molecule has 1 fully saturated rings. The first-order chi connectivity index (χ1) is 8.20. The molecule has 1 aromatic carbocycles. The maximum Gasteiger partial charge on any atom is 0.227 e. The topological polar surface area (TPSA) is 29.1 Å². The highest BCUT2D eigenvalue weighted by Crippen LogP contribution is 2.32. The Kier molecular flexibility index (Phi) is 4.21. The molecular weight excluding hydrogens is 278 g/mol. The predicted molar refractivity (Wildman–Crippen MR) is 74.2 cm³/mol. The summed E-state index contributed by atoms with van der Waals surface area (Å²) >= 11 is 3.41. The SMILES string of the molecule is CC1CCCC1C(=O)Nc1ccc(CBr)cc1. The lowest BCUT2D eigenvalue weighted by Gasteiger charge is -2.15. The Balaban J connectivity index is 1.97. The van der Waals surface area contributed by atoms with Gasteiger partial charge >= 0.3 is 0 Å². The molecule has 2 rings (SSSR count). The number of carbonyl (C=O) groups is 1. The molecule has 1 aliphatic rings. The fourth-order valence-electron chi connectivity index (χ4n) is 2.45. The summed E-state index contributed by atoms with van der Waals surface area (Å²) in [5, 5.41) is 3.86. The number of rotatable bonds is 3. The Morgan fingerprint density at radius 3 is 2.59 bits per heavy atom. The van der Waals surface area contributed by atoms with Crippen LogP contribution in [0, 0.1) is 11.8 Å². The Labute approximate surface area is 111 Å². The normalized spacial score (nSPS) is 23.6. The molecule has 0 aromatic heterocycles. The van der Waals surface area contributed by atoms with Crippen LogP contribution in [0.1, 0.15) is 31.7 Å². The number of anilines is 1. The van der Waals surface area contributed by atoms with Crippen molar-refractivity contribution >= 4 is 27.5 Å². The van der Waals surface area contributed by atoms with E-state index in [1.54, 1.807) is 0 Å². The molecule has 92 valence electrons. The van der Waals surface area contributed by atoms with Gasteiger partial charge in [0.15, 0.2) is 0 Å². The van der Waals surface area contributed by atoms with Crippen molar-refractivity contribution in [2.24, 2.45) is 11.8 Å². The number of alkyl halides is 1. The van der Waals surface area contributed by atoms with Gasteiger partial charge in [0, 0.05) is 16.9 Å². The molecule has 1 aromatic rings. The zero-order valence-electron chi connectivity index (χ0n) is 10.1. The first-order valence-electron chi connectivity index (χ1n) is 6.16. The van der Waals surface area contributed by atoms with Gasteiger partial charge in [-0.1, -0.05) is 41.4 Å². The number of hydrogen-bond donors (Lipinski definition) is 1. The molecule has 0 aliphatic heterocycles. The largest absolute Gasteiger partial charge is 0.326 e. The van der Waals surface area contributed by atoms with Crippen molar-refractivity contribution in [3.63, 3.8) is 0 Å². The fourth-order valence-corrected chi connectivity index (χ4v) is 2.82. The van der Waals surface area contributed by atoms with Gasteiger partial charge in [0.2, 0.25) is 5.91 Å². The van der Waals surface area contributed by atoms with Gasteiger partial charge in [0.1, 0.15) is 0 Å². The molecule has 2 atom stereocenters. The molecule has 2 unspecified atom stereocenters. The van der Waals surface area contributed by atoms with Crippen LogP contribution in [0.5, 0.6) is 0 Å². The van der Waals surface area contributed by atoms with Gasteiger partial charge < -0.3 is 5.32 Å². The van der Waals surface area contributed by atoms with Crippen molar-refractivity contribution < 1.29 is 4.79 Å². The van der Waals surface area contributed by atoms with Gasteiger partial charge in [-0.25, -0.2) is 0 Å². The number of amides is 1. The maximum atomic E-state index is 12.1. The van der Waals surface area contributed by atoms with E-state index in [4.69, 9.17) is 0 Å². The van der Waals surface area contributed by atoms with Gasteiger partial charge in [0.05, 0.1) is 0 Å². The summed E-state index contributed by atoms with van der Waals surface area (Å²) in [5.41, 5.74) is 2.12. The quantitative estimate of drug-likeness (QED) is 0.841. The molecule has 1 amide bonds. The average molecular weight is 296 g/mol. The first kappa shape index (κ1) is 12.6. The molecule has 2 nitrogen and oxygen atoms in total. The van der Waals surface area contributed by atoms with Crippen molar-refractivity contribution in [2.45, 2.75) is 31.5 Å². The fraction of sp³-hybridized carbons (Fsp3) is 0.500. The van der Waals surface area contributed by atoms with Gasteiger partial charge in [-0.2, -0.15) is 0 Å². The molecule has 0 spiro atoms. The number of hydrogen-bond acceptors (Lipinski definition) is 1. The van der Waals surface area contributed by atoms with E-state index in [2.05, 4.69) is 28.2 Å². The van der Waals surface area contributed by atoms with Crippen LogP contribution in [0.2, 0.25) is 0 Å². The Morgan fingerprint density at radius 1 is 1.35 bits per heavy atom. The van der Waals surface area contributed by atoms with E-state index in [1.165, 1.54) is 18.4 Å². The van der Waals surface area contributed by atoms with E-state index >= 15 is 0 Å². The highest BCUT2D eigenvalue weighted by Gasteiger charge is 2.29. The highest BCUT2D eigenvalue weighted by molar-refractivity contribution is 9.08. The molecular formula is C14H18BrNO. The summed E-state index contributed by atoms with van der Waals surface area (Å²) in [6, 6.07) is 7.99. The lowest BCUT2D eigenvalue weighted by molar-refractivity contribution is -0.120. The number of nitrogens with one attached hydrogen (secondary N) is 1. The van der Waals surface area contributed by atoms with Crippen LogP contribution in [0.25, 0.3) is 0 Å². The van der Waals surface area contributed by atoms with E-state index in [0.717, 1.165) is 17.4 Å². The third-order valence-corrected chi connectivity index (χ3v) is 4.22. The minimum atomic E-state index is 0.182. The van der Waals surface area contributed by atoms with Gasteiger partial charge in [-0.05, 0) is 36.5 Å². The van der Waals surface area contributed by atoms with E-state index in [-0.39, 0.29) is 11.8 Å². The Bertz CT molecular complexity index is 388. The molecule has 0 bridgehead atoms. The third-order valence-electron chi connectivity index (χ3n) is 3.57. The van der Waals surface area contributed by atoms with Crippen LogP contribution in [0.4, 0.5) is 5.69 Å². The number of halogens is 1. The van der Waals surface area contributed by atoms with Gasteiger partial charge in [-0.3, -0.25) is 4.79 Å². The lowest BCUT2D eigenvalue weighted by atomic mass is 9.97. The van der Waals surface area contributed by atoms with Crippen LogP contribution >= 0.6 is 15.9 Å². The molecule has 1 saturated carbocycles. The van der Waals surface area contributed by atoms with Crippen LogP contribution in [-0.4, -0.2) is 5.91 Å². The Morgan fingerprint density at radius 2 is 2.06 bits per heavy atom. The summed E-state index contributed by atoms with van der Waals surface area (Å²) in [7, 11) is 0. The number of benzene rings is 1. The third kappa shape index (κ3) is 3.09. The van der Waals surface area contributed by atoms with E-state index in [1.807, 2.05) is 24.3 Å². The summed E-state index contributed by atoms with van der Waals surface area (Å²) in [6.07, 6.45) is 3.40. The van der Waals surface area contributed by atoms with Crippen molar-refractivity contribution in [1.29, 1.82) is 0 Å². The smallest absolute Gasteiger partial charge is 0.227 e. The van der Waals surface area contributed by atoms with Crippen molar-refractivity contribution in [3.8, 4) is 0 Å². The summed E-state index contributed by atoms with van der Waals surface area (Å²) in [5.74, 6) is 0.907. The van der Waals surface area contributed by atoms with Crippen LogP contribution in [0.15, 0.2) is 24.3 Å². The summed E-state index contributed by atoms with van der Waals surface area (Å²) < 4.78 is 0. The molecule has 1 aliphatic carbocycles.